The summed E-state index contributed by atoms with van der Waals surface area (Å²) < 4.78 is 17.0. The van der Waals surface area contributed by atoms with E-state index in [1.165, 1.54) is 12.1 Å². The van der Waals surface area contributed by atoms with Crippen LogP contribution in [0.5, 0.6) is 0 Å². The fourth-order valence-corrected chi connectivity index (χ4v) is 2.78. The highest BCUT2D eigenvalue weighted by Gasteiger charge is 2.15. The summed E-state index contributed by atoms with van der Waals surface area (Å²) in [7, 11) is 1.95. The van der Waals surface area contributed by atoms with Crippen molar-refractivity contribution < 1.29 is 4.39 Å². The Bertz CT molecular complexity index is 981. The average Bonchev–Trinajstić information content (AvgIpc) is 3.03. The van der Waals surface area contributed by atoms with Crippen LogP contribution < -0.4 is 5.73 Å². The van der Waals surface area contributed by atoms with Crippen molar-refractivity contribution in [2.24, 2.45) is 7.05 Å². The first kappa shape index (κ1) is 12.8. The monoisotopic (exact) mass is 295 g/mol. The third-order valence-corrected chi connectivity index (χ3v) is 3.89. The molecular weight excluding hydrogens is 281 g/mol. The van der Waals surface area contributed by atoms with Crippen LogP contribution in [-0.4, -0.2) is 19.2 Å². The molecule has 2 N–H and O–H groups in total. The Morgan fingerprint density at radius 3 is 2.59 bits per heavy atom. The number of aryl methyl sites for hydroxylation is 1. The van der Waals surface area contributed by atoms with Crippen LogP contribution in [0.15, 0.2) is 42.5 Å². The van der Waals surface area contributed by atoms with E-state index in [-0.39, 0.29) is 5.82 Å². The number of hydrogen-bond donors (Lipinski definition) is 1. The summed E-state index contributed by atoms with van der Waals surface area (Å²) in [4.78, 5) is 0. The standard InChI is InChI=1S/C16H14FN5/c1-21-13-7-6-12(18)9-14(13)22-15(19-20-16(21)22)8-10-2-4-11(17)5-3-10/h2-7,9H,8,18H2,1H3. The van der Waals surface area contributed by atoms with Crippen LogP contribution in [-0.2, 0) is 13.5 Å². The molecule has 0 amide bonds. The van der Waals surface area contributed by atoms with E-state index >= 15 is 0 Å². The van der Waals surface area contributed by atoms with Crippen molar-refractivity contribution in [2.45, 2.75) is 6.42 Å². The highest BCUT2D eigenvalue weighted by molar-refractivity contribution is 5.83. The molecule has 110 valence electrons. The van der Waals surface area contributed by atoms with Gasteiger partial charge in [-0.05, 0) is 35.9 Å². The minimum Gasteiger partial charge on any atom is -0.399 e. The van der Waals surface area contributed by atoms with Gasteiger partial charge in [0.25, 0.3) is 0 Å². The van der Waals surface area contributed by atoms with Gasteiger partial charge in [0.1, 0.15) is 11.6 Å². The van der Waals surface area contributed by atoms with Crippen molar-refractivity contribution in [1.82, 2.24) is 19.2 Å². The number of hydrogen-bond acceptors (Lipinski definition) is 3. The molecule has 2 aromatic heterocycles. The molecule has 6 heteroatoms. The van der Waals surface area contributed by atoms with Crippen LogP contribution in [0.2, 0.25) is 0 Å². The van der Waals surface area contributed by atoms with Crippen LogP contribution in [0.4, 0.5) is 10.1 Å². The summed E-state index contributed by atoms with van der Waals surface area (Å²) >= 11 is 0. The summed E-state index contributed by atoms with van der Waals surface area (Å²) in [5.74, 6) is 1.32. The minimum absolute atomic E-state index is 0.243. The minimum atomic E-state index is -0.243. The Kier molecular flexibility index (Phi) is 2.66. The van der Waals surface area contributed by atoms with Crippen LogP contribution in [0.1, 0.15) is 11.4 Å². The number of rotatable bonds is 2. The first-order chi connectivity index (χ1) is 10.6. The van der Waals surface area contributed by atoms with Gasteiger partial charge in [-0.3, -0.25) is 4.40 Å². The fourth-order valence-electron chi connectivity index (χ4n) is 2.78. The van der Waals surface area contributed by atoms with Gasteiger partial charge in [0, 0.05) is 19.2 Å². The van der Waals surface area contributed by atoms with E-state index < -0.39 is 0 Å². The molecule has 0 radical (unpaired) electrons. The van der Waals surface area contributed by atoms with Gasteiger partial charge >= 0.3 is 0 Å². The molecule has 0 saturated heterocycles. The molecule has 0 aliphatic carbocycles. The summed E-state index contributed by atoms with van der Waals surface area (Å²) in [6, 6.07) is 12.2. The summed E-state index contributed by atoms with van der Waals surface area (Å²) in [6.45, 7) is 0. The molecule has 0 spiro atoms. The summed E-state index contributed by atoms with van der Waals surface area (Å²) in [5, 5.41) is 8.53. The summed E-state index contributed by atoms with van der Waals surface area (Å²) in [6.07, 6.45) is 0.579. The number of nitrogens with two attached hydrogens (primary N) is 1. The zero-order valence-corrected chi connectivity index (χ0v) is 12.0. The highest BCUT2D eigenvalue weighted by Crippen LogP contribution is 2.23. The van der Waals surface area contributed by atoms with Gasteiger partial charge in [-0.1, -0.05) is 12.1 Å². The zero-order valence-electron chi connectivity index (χ0n) is 12.0. The Hall–Kier alpha value is -2.89. The first-order valence-electron chi connectivity index (χ1n) is 6.96. The molecule has 5 nitrogen and oxygen atoms in total. The van der Waals surface area contributed by atoms with E-state index in [9.17, 15) is 4.39 Å². The normalized spacial score (nSPS) is 11.5. The lowest BCUT2D eigenvalue weighted by Crippen LogP contribution is -1.96. The molecule has 0 bridgehead atoms. The number of nitrogens with zero attached hydrogens (tertiary/aromatic N) is 4. The third-order valence-electron chi connectivity index (χ3n) is 3.89. The second kappa shape index (κ2) is 4.56. The molecule has 0 unspecified atom stereocenters. The number of nitrogen functional groups attached to an aromatic ring is 1. The molecule has 0 fully saturated rings. The van der Waals surface area contributed by atoms with E-state index in [2.05, 4.69) is 10.2 Å². The average molecular weight is 295 g/mol. The van der Waals surface area contributed by atoms with Gasteiger partial charge in [-0.25, -0.2) is 4.39 Å². The maximum absolute atomic E-state index is 13.0. The van der Waals surface area contributed by atoms with Crippen molar-refractivity contribution in [3.8, 4) is 0 Å². The molecule has 2 heterocycles. The molecule has 0 aliphatic heterocycles. The smallest absolute Gasteiger partial charge is 0.236 e. The van der Waals surface area contributed by atoms with Crippen LogP contribution in [0.25, 0.3) is 16.8 Å². The Balaban J connectivity index is 1.91. The molecule has 4 rings (SSSR count). The Morgan fingerprint density at radius 2 is 1.82 bits per heavy atom. The van der Waals surface area contributed by atoms with Crippen molar-refractivity contribution >= 4 is 22.5 Å². The van der Waals surface area contributed by atoms with Gasteiger partial charge in [-0.2, -0.15) is 0 Å². The van der Waals surface area contributed by atoms with Gasteiger partial charge in [0.05, 0.1) is 11.0 Å². The van der Waals surface area contributed by atoms with Gasteiger partial charge in [-0.15, -0.1) is 10.2 Å². The number of imidazole rings is 1. The van der Waals surface area contributed by atoms with Crippen LogP contribution in [0, 0.1) is 5.82 Å². The third kappa shape index (κ3) is 1.84. The van der Waals surface area contributed by atoms with E-state index in [0.717, 1.165) is 28.2 Å². The molecule has 4 aromatic rings. The van der Waals surface area contributed by atoms with Crippen molar-refractivity contribution in [3.05, 3.63) is 59.7 Å². The maximum Gasteiger partial charge on any atom is 0.236 e. The van der Waals surface area contributed by atoms with Crippen molar-refractivity contribution in [1.29, 1.82) is 0 Å². The number of aromatic nitrogens is 4. The van der Waals surface area contributed by atoms with E-state index in [1.807, 2.05) is 34.2 Å². The second-order valence-corrected chi connectivity index (χ2v) is 5.36. The highest BCUT2D eigenvalue weighted by atomic mass is 19.1. The van der Waals surface area contributed by atoms with E-state index in [4.69, 9.17) is 5.73 Å². The fraction of sp³-hybridized carbons (Fsp3) is 0.125. The van der Waals surface area contributed by atoms with Crippen LogP contribution >= 0.6 is 0 Å². The first-order valence-corrected chi connectivity index (χ1v) is 6.96. The van der Waals surface area contributed by atoms with Gasteiger partial charge < -0.3 is 10.3 Å². The largest absolute Gasteiger partial charge is 0.399 e. The molecule has 0 saturated carbocycles. The Labute approximate surface area is 125 Å². The lowest BCUT2D eigenvalue weighted by Gasteiger charge is -2.01. The van der Waals surface area contributed by atoms with Gasteiger partial charge in [0.2, 0.25) is 5.78 Å². The molecular formula is C16H14FN5. The molecule has 0 atom stereocenters. The van der Waals surface area contributed by atoms with E-state index in [0.29, 0.717) is 12.1 Å². The Morgan fingerprint density at radius 1 is 1.05 bits per heavy atom. The number of benzene rings is 2. The topological polar surface area (TPSA) is 61.1 Å². The maximum atomic E-state index is 13.0. The number of anilines is 1. The molecule has 22 heavy (non-hydrogen) atoms. The van der Waals surface area contributed by atoms with Crippen molar-refractivity contribution in [2.75, 3.05) is 5.73 Å². The van der Waals surface area contributed by atoms with Gasteiger partial charge in [0.15, 0.2) is 0 Å². The SMILES string of the molecule is Cn1c2ccc(N)cc2n2c(Cc3ccc(F)cc3)nnc12. The zero-order chi connectivity index (χ0) is 15.3. The summed E-state index contributed by atoms with van der Waals surface area (Å²) in [5.41, 5.74) is 9.60. The van der Waals surface area contributed by atoms with Crippen LogP contribution in [0.3, 0.4) is 0 Å². The second-order valence-electron chi connectivity index (χ2n) is 5.36. The predicted molar refractivity (Wildman–Crippen MR) is 83.1 cm³/mol. The predicted octanol–water partition coefficient (Wildman–Crippen LogP) is 2.53. The van der Waals surface area contributed by atoms with E-state index in [1.54, 1.807) is 12.1 Å². The molecule has 0 aliphatic rings. The quantitative estimate of drug-likeness (QED) is 0.578. The number of halogens is 1. The lowest BCUT2D eigenvalue weighted by atomic mass is 10.1. The number of fused-ring (bicyclic) bond motifs is 3. The lowest BCUT2D eigenvalue weighted by molar-refractivity contribution is 0.627. The molecule has 2 aromatic carbocycles. The van der Waals surface area contributed by atoms with Crippen molar-refractivity contribution in [3.63, 3.8) is 0 Å².